The minimum atomic E-state index is 0. The van der Waals surface area contributed by atoms with Crippen LogP contribution in [0.15, 0.2) is 17.5 Å². The van der Waals surface area contributed by atoms with Gasteiger partial charge >= 0.3 is 0 Å². The van der Waals surface area contributed by atoms with Crippen LogP contribution in [0.25, 0.3) is 0 Å². The lowest BCUT2D eigenvalue weighted by atomic mass is 9.92. The van der Waals surface area contributed by atoms with Gasteiger partial charge in [-0.05, 0) is 44.7 Å². The summed E-state index contributed by atoms with van der Waals surface area (Å²) in [7, 11) is 0. The molecule has 1 fully saturated rings. The van der Waals surface area contributed by atoms with Gasteiger partial charge in [-0.2, -0.15) is 0 Å². The van der Waals surface area contributed by atoms with Gasteiger partial charge in [0.1, 0.15) is 0 Å². The van der Waals surface area contributed by atoms with Crippen LogP contribution in [0.3, 0.4) is 0 Å². The van der Waals surface area contributed by atoms with E-state index in [2.05, 4.69) is 23.6 Å². The van der Waals surface area contributed by atoms with E-state index in [0.717, 1.165) is 19.4 Å². The van der Waals surface area contributed by atoms with E-state index in [-0.39, 0.29) is 30.3 Å². The molecule has 1 saturated heterocycles. The molecule has 0 radical (unpaired) electrons. The summed E-state index contributed by atoms with van der Waals surface area (Å²) in [6.45, 7) is 5.14. The molecule has 0 bridgehead atoms. The smallest absolute Gasteiger partial charge is 0.223 e. The summed E-state index contributed by atoms with van der Waals surface area (Å²) in [5.74, 6) is 0.382. The van der Waals surface area contributed by atoms with E-state index in [1.807, 2.05) is 18.4 Å². The van der Waals surface area contributed by atoms with Crippen molar-refractivity contribution in [3.05, 3.63) is 22.4 Å². The van der Waals surface area contributed by atoms with Crippen molar-refractivity contribution in [3.63, 3.8) is 0 Å². The SMILES string of the molecule is CC(NC(=O)[C@H]1CCN[C@@H](C)C1)c1cccs1.Cl. The van der Waals surface area contributed by atoms with Crippen LogP contribution in [0.4, 0.5) is 0 Å². The quantitative estimate of drug-likeness (QED) is 0.898. The first-order valence-electron chi connectivity index (χ1n) is 6.24. The fourth-order valence-corrected chi connectivity index (χ4v) is 3.04. The maximum atomic E-state index is 12.1. The molecular formula is C13H21ClN2OS. The van der Waals surface area contributed by atoms with Crippen molar-refractivity contribution >= 4 is 29.7 Å². The number of thiophene rings is 1. The molecule has 2 rings (SSSR count). The summed E-state index contributed by atoms with van der Waals surface area (Å²) < 4.78 is 0. The van der Waals surface area contributed by atoms with Gasteiger partial charge in [0.2, 0.25) is 5.91 Å². The zero-order valence-electron chi connectivity index (χ0n) is 10.8. The van der Waals surface area contributed by atoms with Crippen molar-refractivity contribution in [3.8, 4) is 0 Å². The average Bonchev–Trinajstić information content (AvgIpc) is 2.82. The molecule has 1 unspecified atom stereocenters. The largest absolute Gasteiger partial charge is 0.349 e. The Morgan fingerprint density at radius 1 is 1.61 bits per heavy atom. The fourth-order valence-electron chi connectivity index (χ4n) is 2.31. The van der Waals surface area contributed by atoms with Crippen LogP contribution in [0, 0.1) is 5.92 Å². The van der Waals surface area contributed by atoms with Crippen molar-refractivity contribution in [2.45, 2.75) is 38.8 Å². The van der Waals surface area contributed by atoms with Gasteiger partial charge in [-0.15, -0.1) is 23.7 Å². The van der Waals surface area contributed by atoms with Crippen molar-refractivity contribution in [1.82, 2.24) is 10.6 Å². The first-order chi connectivity index (χ1) is 8.16. The molecular weight excluding hydrogens is 268 g/mol. The van der Waals surface area contributed by atoms with Gasteiger partial charge in [-0.25, -0.2) is 0 Å². The molecule has 3 atom stereocenters. The van der Waals surface area contributed by atoms with Gasteiger partial charge in [0.25, 0.3) is 0 Å². The number of rotatable bonds is 3. The standard InChI is InChI=1S/C13H20N2OS.ClH/c1-9-8-11(5-6-14-9)13(16)15-10(2)12-4-3-7-17-12;/h3-4,7,9-11,14H,5-6,8H2,1-2H3,(H,15,16);1H/t9-,10?,11-;/m0./s1. The second-order valence-electron chi connectivity index (χ2n) is 4.82. The number of amides is 1. The number of hydrogen-bond acceptors (Lipinski definition) is 3. The Morgan fingerprint density at radius 3 is 3.00 bits per heavy atom. The Balaban J connectivity index is 0.00000162. The van der Waals surface area contributed by atoms with E-state index in [4.69, 9.17) is 0 Å². The third kappa shape index (κ3) is 3.97. The topological polar surface area (TPSA) is 41.1 Å². The summed E-state index contributed by atoms with van der Waals surface area (Å²) in [5, 5.41) is 8.53. The number of nitrogens with one attached hydrogen (secondary N) is 2. The molecule has 2 N–H and O–H groups in total. The highest BCUT2D eigenvalue weighted by Crippen LogP contribution is 2.21. The minimum absolute atomic E-state index is 0. The van der Waals surface area contributed by atoms with Crippen molar-refractivity contribution in [1.29, 1.82) is 0 Å². The van der Waals surface area contributed by atoms with Crippen LogP contribution in [0.5, 0.6) is 0 Å². The first kappa shape index (κ1) is 15.5. The van der Waals surface area contributed by atoms with Gasteiger partial charge in [-0.1, -0.05) is 6.07 Å². The summed E-state index contributed by atoms with van der Waals surface area (Å²) in [5.41, 5.74) is 0. The van der Waals surface area contributed by atoms with Crippen LogP contribution in [-0.4, -0.2) is 18.5 Å². The number of hydrogen-bond donors (Lipinski definition) is 2. The summed E-state index contributed by atoms with van der Waals surface area (Å²) in [6.07, 6.45) is 1.90. The van der Waals surface area contributed by atoms with Crippen LogP contribution < -0.4 is 10.6 Å². The predicted octanol–water partition coefficient (Wildman–Crippen LogP) is 2.74. The zero-order valence-corrected chi connectivity index (χ0v) is 12.4. The molecule has 1 aromatic rings. The molecule has 1 aromatic heterocycles. The van der Waals surface area contributed by atoms with E-state index >= 15 is 0 Å². The Morgan fingerprint density at radius 2 is 2.39 bits per heavy atom. The van der Waals surface area contributed by atoms with Gasteiger partial charge in [0, 0.05) is 16.8 Å². The van der Waals surface area contributed by atoms with E-state index in [9.17, 15) is 4.79 Å². The van der Waals surface area contributed by atoms with E-state index < -0.39 is 0 Å². The molecule has 5 heteroatoms. The lowest BCUT2D eigenvalue weighted by Crippen LogP contribution is -2.42. The van der Waals surface area contributed by atoms with Gasteiger partial charge in [-0.3, -0.25) is 4.79 Å². The molecule has 0 spiro atoms. The first-order valence-corrected chi connectivity index (χ1v) is 7.12. The van der Waals surface area contributed by atoms with Gasteiger partial charge in [0.15, 0.2) is 0 Å². The normalized spacial score (nSPS) is 25.0. The molecule has 0 aliphatic carbocycles. The fraction of sp³-hybridized carbons (Fsp3) is 0.615. The maximum absolute atomic E-state index is 12.1. The molecule has 18 heavy (non-hydrogen) atoms. The molecule has 1 aliphatic heterocycles. The Hall–Kier alpha value is -0.580. The number of carbonyl (C=O) groups excluding carboxylic acids is 1. The molecule has 2 heterocycles. The number of carbonyl (C=O) groups is 1. The monoisotopic (exact) mass is 288 g/mol. The highest BCUT2D eigenvalue weighted by Gasteiger charge is 2.25. The second kappa shape index (κ2) is 7.12. The minimum Gasteiger partial charge on any atom is -0.349 e. The molecule has 0 aromatic carbocycles. The van der Waals surface area contributed by atoms with Crippen LogP contribution >= 0.6 is 23.7 Å². The highest BCUT2D eigenvalue weighted by molar-refractivity contribution is 7.10. The maximum Gasteiger partial charge on any atom is 0.223 e. The molecule has 1 aliphatic rings. The third-order valence-corrected chi connectivity index (χ3v) is 4.38. The summed E-state index contributed by atoms with van der Waals surface area (Å²) in [6, 6.07) is 4.68. The van der Waals surface area contributed by atoms with E-state index in [1.165, 1.54) is 4.88 Å². The van der Waals surface area contributed by atoms with Crippen molar-refractivity contribution in [2.24, 2.45) is 5.92 Å². The Bertz CT molecular complexity index is 369. The molecule has 1 amide bonds. The van der Waals surface area contributed by atoms with Crippen LogP contribution in [0.2, 0.25) is 0 Å². The van der Waals surface area contributed by atoms with Crippen molar-refractivity contribution in [2.75, 3.05) is 6.54 Å². The summed E-state index contributed by atoms with van der Waals surface area (Å²) >= 11 is 1.69. The zero-order chi connectivity index (χ0) is 12.3. The molecule has 102 valence electrons. The van der Waals surface area contributed by atoms with Gasteiger partial charge in [0.05, 0.1) is 6.04 Å². The van der Waals surface area contributed by atoms with Crippen LogP contribution in [0.1, 0.15) is 37.6 Å². The Kier molecular flexibility index (Phi) is 6.12. The van der Waals surface area contributed by atoms with E-state index in [1.54, 1.807) is 11.3 Å². The average molecular weight is 289 g/mol. The molecule has 0 saturated carbocycles. The molecule has 3 nitrogen and oxygen atoms in total. The summed E-state index contributed by atoms with van der Waals surface area (Å²) in [4.78, 5) is 13.3. The predicted molar refractivity (Wildman–Crippen MR) is 78.3 cm³/mol. The number of piperidine rings is 1. The van der Waals surface area contributed by atoms with Crippen molar-refractivity contribution < 1.29 is 4.79 Å². The van der Waals surface area contributed by atoms with Gasteiger partial charge < -0.3 is 10.6 Å². The lowest BCUT2D eigenvalue weighted by molar-refractivity contribution is -0.126. The second-order valence-corrected chi connectivity index (χ2v) is 5.80. The Labute approximate surface area is 119 Å². The lowest BCUT2D eigenvalue weighted by Gasteiger charge is -2.28. The highest BCUT2D eigenvalue weighted by atomic mass is 35.5. The third-order valence-electron chi connectivity index (χ3n) is 3.32. The van der Waals surface area contributed by atoms with E-state index in [0.29, 0.717) is 6.04 Å². The number of halogens is 1. The van der Waals surface area contributed by atoms with Crippen LogP contribution in [-0.2, 0) is 4.79 Å².